The molecular formula is C35H45BrN9O2P. The van der Waals surface area contributed by atoms with Crippen molar-refractivity contribution >= 4 is 62.4 Å². The van der Waals surface area contributed by atoms with Gasteiger partial charge in [-0.3, -0.25) is 14.9 Å². The van der Waals surface area contributed by atoms with Crippen LogP contribution in [0.3, 0.4) is 0 Å². The van der Waals surface area contributed by atoms with Crippen LogP contribution >= 0.6 is 23.1 Å². The normalized spacial score (nSPS) is 17.8. The molecule has 4 aromatic rings. The first-order valence-electron chi connectivity index (χ1n) is 17.0. The summed E-state index contributed by atoms with van der Waals surface area (Å²) >= 11 is 3.64. The Labute approximate surface area is 291 Å². The Bertz CT molecular complexity index is 1850. The maximum Gasteiger partial charge on any atom is 0.227 e. The largest absolute Gasteiger partial charge is 0.491 e. The highest BCUT2D eigenvalue weighted by Gasteiger charge is 2.31. The van der Waals surface area contributed by atoms with E-state index in [0.717, 1.165) is 58.7 Å². The molecule has 0 aliphatic carbocycles. The number of piperazine rings is 1. The van der Waals surface area contributed by atoms with Crippen LogP contribution in [0.1, 0.15) is 36.6 Å². The molecule has 0 radical (unpaired) electrons. The minimum atomic E-state index is -2.68. The van der Waals surface area contributed by atoms with Crippen molar-refractivity contribution in [1.29, 1.82) is 0 Å². The van der Waals surface area contributed by atoms with Crippen molar-refractivity contribution in [2.75, 3.05) is 81.8 Å². The van der Waals surface area contributed by atoms with Gasteiger partial charge < -0.3 is 29.7 Å². The Morgan fingerprint density at radius 1 is 1.02 bits per heavy atom. The molecule has 0 bridgehead atoms. The number of ether oxygens (including phenoxy) is 1. The van der Waals surface area contributed by atoms with Crippen LogP contribution in [0, 0.1) is 0 Å². The molecule has 0 atom stereocenters. The van der Waals surface area contributed by atoms with Gasteiger partial charge in [-0.25, -0.2) is 9.97 Å². The van der Waals surface area contributed by atoms with Gasteiger partial charge in [-0.2, -0.15) is 0 Å². The average Bonchev–Trinajstić information content (AvgIpc) is 3.58. The molecule has 0 amide bonds. The zero-order valence-corrected chi connectivity index (χ0v) is 30.8. The molecule has 2 aromatic carbocycles. The molecule has 2 fully saturated rings. The van der Waals surface area contributed by atoms with E-state index < -0.39 is 7.14 Å². The molecule has 13 heteroatoms. The van der Waals surface area contributed by atoms with Crippen LogP contribution in [0.15, 0.2) is 41.3 Å². The fraction of sp³-hybridized carbons (Fsp3) is 0.486. The van der Waals surface area contributed by atoms with Gasteiger partial charge in [-0.1, -0.05) is 6.92 Å². The zero-order chi connectivity index (χ0) is 33.4. The lowest BCUT2D eigenvalue weighted by molar-refractivity contribution is 0.0982. The standard InChI is InChI=1S/C35H45BrN9O2P/c1-5-23-20-29(33-25(10-19-47-33)32(23)45-13-8-24(9-14-45)44-17-15-43(2)16-18-44)41-35-40-21-26(36)30(42-35)22-39-28-7-6-27-31(38-12-11-37-27)34(28)48(3,4)46/h6-7,11-12,20-21,24,39H,5,8-10,13-19,22H2,1-4H3,(H,40,41,42). The molecule has 254 valence electrons. The third kappa shape index (κ3) is 6.77. The molecule has 0 spiro atoms. The highest BCUT2D eigenvalue weighted by molar-refractivity contribution is 9.10. The van der Waals surface area contributed by atoms with Gasteiger partial charge in [-0.15, -0.1) is 0 Å². The molecule has 5 heterocycles. The van der Waals surface area contributed by atoms with Crippen LogP contribution in [0.5, 0.6) is 5.75 Å². The average molecular weight is 735 g/mol. The summed E-state index contributed by atoms with van der Waals surface area (Å²) in [4.78, 5) is 26.2. The molecule has 48 heavy (non-hydrogen) atoms. The summed E-state index contributed by atoms with van der Waals surface area (Å²) in [5.74, 6) is 1.41. The van der Waals surface area contributed by atoms with E-state index in [1.807, 2.05) is 12.1 Å². The molecule has 11 nitrogen and oxygen atoms in total. The number of likely N-dealkylation sites (N-methyl/N-ethyl adjacent to an activating group) is 1. The lowest BCUT2D eigenvalue weighted by Crippen LogP contribution is -2.52. The van der Waals surface area contributed by atoms with E-state index in [0.29, 0.717) is 36.0 Å². The number of aromatic nitrogens is 4. The number of piperidine rings is 1. The maximum absolute atomic E-state index is 13.4. The molecule has 2 saturated heterocycles. The van der Waals surface area contributed by atoms with Crippen molar-refractivity contribution in [2.45, 2.75) is 45.2 Å². The molecule has 7 rings (SSSR count). The molecule has 3 aliphatic heterocycles. The van der Waals surface area contributed by atoms with Crippen molar-refractivity contribution in [3.8, 4) is 5.75 Å². The number of hydrogen-bond donors (Lipinski definition) is 2. The van der Waals surface area contributed by atoms with Gasteiger partial charge in [0.15, 0.2) is 0 Å². The highest BCUT2D eigenvalue weighted by atomic mass is 79.9. The SMILES string of the molecule is CCc1cc(Nc2ncc(Br)c(CNc3ccc4nccnc4c3P(C)(C)=O)n2)c2c(c1N1CCC(N3CCN(C)CC3)CC1)CCO2. The van der Waals surface area contributed by atoms with Gasteiger partial charge in [0, 0.05) is 87.3 Å². The molecular weight excluding hydrogens is 689 g/mol. The van der Waals surface area contributed by atoms with E-state index in [2.05, 4.69) is 76.3 Å². The highest BCUT2D eigenvalue weighted by Crippen LogP contribution is 2.45. The van der Waals surface area contributed by atoms with E-state index in [-0.39, 0.29) is 0 Å². The predicted molar refractivity (Wildman–Crippen MR) is 198 cm³/mol. The fourth-order valence-electron chi connectivity index (χ4n) is 7.42. The second-order valence-electron chi connectivity index (χ2n) is 13.5. The van der Waals surface area contributed by atoms with Crippen LogP contribution in [0.4, 0.5) is 23.0 Å². The van der Waals surface area contributed by atoms with Crippen molar-refractivity contribution in [3.05, 3.63) is 58.1 Å². The molecule has 0 unspecified atom stereocenters. The Kier molecular flexibility index (Phi) is 9.61. The van der Waals surface area contributed by atoms with E-state index in [4.69, 9.17) is 9.72 Å². The number of hydrogen-bond acceptors (Lipinski definition) is 11. The number of rotatable bonds is 9. The molecule has 0 saturated carbocycles. The number of fused-ring (bicyclic) bond motifs is 2. The number of nitrogens with one attached hydrogen (secondary N) is 2. The summed E-state index contributed by atoms with van der Waals surface area (Å²) in [7, 11) is -0.449. The van der Waals surface area contributed by atoms with Crippen molar-refractivity contribution in [2.24, 2.45) is 0 Å². The minimum absolute atomic E-state index is 0.397. The lowest BCUT2D eigenvalue weighted by Gasteiger charge is -2.43. The van der Waals surface area contributed by atoms with E-state index in [1.54, 1.807) is 31.9 Å². The molecule has 3 aliphatic rings. The quantitative estimate of drug-likeness (QED) is 0.213. The van der Waals surface area contributed by atoms with Gasteiger partial charge >= 0.3 is 0 Å². The Hall–Kier alpha value is -3.31. The van der Waals surface area contributed by atoms with E-state index in [1.165, 1.54) is 55.8 Å². The lowest BCUT2D eigenvalue weighted by atomic mass is 9.96. The van der Waals surface area contributed by atoms with Crippen LogP contribution in [0.2, 0.25) is 0 Å². The number of nitrogens with zero attached hydrogens (tertiary/aromatic N) is 7. The van der Waals surface area contributed by atoms with E-state index in [9.17, 15) is 4.57 Å². The van der Waals surface area contributed by atoms with Gasteiger partial charge in [0.2, 0.25) is 5.95 Å². The Morgan fingerprint density at radius 2 is 1.79 bits per heavy atom. The zero-order valence-electron chi connectivity index (χ0n) is 28.3. The van der Waals surface area contributed by atoms with E-state index >= 15 is 0 Å². The van der Waals surface area contributed by atoms with Gasteiger partial charge in [0.25, 0.3) is 0 Å². The summed E-state index contributed by atoms with van der Waals surface area (Å²) in [5, 5.41) is 7.66. The summed E-state index contributed by atoms with van der Waals surface area (Å²) in [6.07, 6.45) is 9.30. The number of benzene rings is 2. The number of halogens is 1. The van der Waals surface area contributed by atoms with Gasteiger partial charge in [0.05, 0.1) is 39.8 Å². The third-order valence-corrected chi connectivity index (χ3v) is 12.1. The summed E-state index contributed by atoms with van der Waals surface area (Å²) in [6, 6.07) is 6.73. The van der Waals surface area contributed by atoms with Crippen molar-refractivity contribution in [3.63, 3.8) is 0 Å². The summed E-state index contributed by atoms with van der Waals surface area (Å²) in [5.41, 5.74) is 7.81. The third-order valence-electron chi connectivity index (χ3n) is 9.90. The first-order chi connectivity index (χ1) is 23.2. The maximum atomic E-state index is 13.4. The predicted octanol–water partition coefficient (Wildman–Crippen LogP) is 5.50. The van der Waals surface area contributed by atoms with Crippen molar-refractivity contribution < 1.29 is 9.30 Å². The topological polar surface area (TPSA) is 112 Å². The van der Waals surface area contributed by atoms with Crippen molar-refractivity contribution in [1.82, 2.24) is 29.7 Å². The second-order valence-corrected chi connectivity index (χ2v) is 17.5. The first-order valence-corrected chi connectivity index (χ1v) is 20.4. The van der Waals surface area contributed by atoms with Crippen LogP contribution < -0.4 is 25.6 Å². The summed E-state index contributed by atoms with van der Waals surface area (Å²) in [6.45, 7) is 13.7. The number of aryl methyl sites for hydroxylation is 1. The second kappa shape index (κ2) is 13.9. The molecule has 2 aromatic heterocycles. The van der Waals surface area contributed by atoms with Crippen LogP contribution in [-0.2, 0) is 24.0 Å². The van der Waals surface area contributed by atoms with Gasteiger partial charge in [0.1, 0.15) is 18.4 Å². The van der Waals surface area contributed by atoms with Gasteiger partial charge in [-0.05, 0) is 79.3 Å². The summed E-state index contributed by atoms with van der Waals surface area (Å²) < 4.78 is 20.4. The molecule has 2 N–H and O–H groups in total. The smallest absolute Gasteiger partial charge is 0.227 e. The Morgan fingerprint density at radius 3 is 2.54 bits per heavy atom. The fourth-order valence-corrected chi connectivity index (χ4v) is 9.17. The minimum Gasteiger partial charge on any atom is -0.491 e. The monoisotopic (exact) mass is 733 g/mol. The Balaban J connectivity index is 1.10. The van der Waals surface area contributed by atoms with Crippen LogP contribution in [0.25, 0.3) is 11.0 Å². The van der Waals surface area contributed by atoms with Crippen LogP contribution in [-0.4, -0.2) is 102 Å². The number of anilines is 4. The first kappa shape index (κ1) is 33.2.